The minimum absolute atomic E-state index is 0.0438. The summed E-state index contributed by atoms with van der Waals surface area (Å²) in [6, 6.07) is 0. The molecule has 2 nitrogen and oxygen atoms in total. The van der Waals surface area contributed by atoms with Gasteiger partial charge in [0.15, 0.2) is 0 Å². The Kier molecular flexibility index (Phi) is 5.68. The lowest BCUT2D eigenvalue weighted by molar-refractivity contribution is -0.162. The molecule has 0 atom stereocenters. The number of halogens is 3. The summed E-state index contributed by atoms with van der Waals surface area (Å²) in [6.45, 7) is 6.57. The van der Waals surface area contributed by atoms with Crippen molar-refractivity contribution in [2.24, 2.45) is 0 Å². The third kappa shape index (κ3) is 7.16. The van der Waals surface area contributed by atoms with Crippen molar-refractivity contribution in [2.75, 3.05) is 13.2 Å². The van der Waals surface area contributed by atoms with Gasteiger partial charge in [0.25, 0.3) is 0 Å². The van der Waals surface area contributed by atoms with Gasteiger partial charge in [0.2, 0.25) is 0 Å². The van der Waals surface area contributed by atoms with Crippen LogP contribution in [0.3, 0.4) is 0 Å². The maximum atomic E-state index is 12.2. The first-order valence-corrected chi connectivity index (χ1v) is 7.08. The maximum Gasteiger partial charge on any atom is 0.391 e. The molecule has 19 heavy (non-hydrogen) atoms. The van der Waals surface area contributed by atoms with Gasteiger partial charge in [0.1, 0.15) is 0 Å². The molecule has 0 aromatic rings. The van der Waals surface area contributed by atoms with Gasteiger partial charge >= 0.3 is 6.18 Å². The second-order valence-electron chi connectivity index (χ2n) is 6.56. The van der Waals surface area contributed by atoms with Gasteiger partial charge in [-0.1, -0.05) is 19.3 Å². The first-order chi connectivity index (χ1) is 8.62. The molecule has 1 aliphatic carbocycles. The lowest BCUT2D eigenvalue weighted by Gasteiger charge is -2.39. The van der Waals surface area contributed by atoms with Crippen LogP contribution >= 0.6 is 0 Å². The van der Waals surface area contributed by atoms with Crippen molar-refractivity contribution >= 4 is 0 Å². The van der Waals surface area contributed by atoms with E-state index in [0.717, 1.165) is 32.1 Å². The lowest BCUT2D eigenvalue weighted by Crippen LogP contribution is -2.50. The Morgan fingerprint density at radius 1 is 1.05 bits per heavy atom. The average molecular weight is 281 g/mol. The summed E-state index contributed by atoms with van der Waals surface area (Å²) >= 11 is 0. The summed E-state index contributed by atoms with van der Waals surface area (Å²) in [6.07, 6.45) is -0.0466. The smallest absolute Gasteiger partial charge is 0.373 e. The fourth-order valence-electron chi connectivity index (χ4n) is 2.38. The van der Waals surface area contributed by atoms with E-state index in [4.69, 9.17) is 4.74 Å². The highest BCUT2D eigenvalue weighted by molar-refractivity contribution is 4.89. The van der Waals surface area contributed by atoms with E-state index in [9.17, 15) is 13.2 Å². The van der Waals surface area contributed by atoms with Crippen LogP contribution in [0.25, 0.3) is 0 Å². The van der Waals surface area contributed by atoms with Gasteiger partial charge in [-0.05, 0) is 33.6 Å². The van der Waals surface area contributed by atoms with Crippen LogP contribution in [0.4, 0.5) is 13.2 Å². The van der Waals surface area contributed by atoms with Crippen LogP contribution < -0.4 is 5.32 Å². The molecule has 1 saturated carbocycles. The van der Waals surface area contributed by atoms with Crippen LogP contribution in [-0.4, -0.2) is 30.5 Å². The van der Waals surface area contributed by atoms with E-state index in [-0.39, 0.29) is 12.1 Å². The minimum atomic E-state index is -4.13. The number of hydrogen-bond donors (Lipinski definition) is 1. The van der Waals surface area contributed by atoms with E-state index >= 15 is 0 Å². The van der Waals surface area contributed by atoms with E-state index < -0.39 is 18.2 Å². The normalized spacial score (nSPS) is 20.5. The Bertz CT molecular complexity index is 265. The Labute approximate surface area is 114 Å². The summed E-state index contributed by atoms with van der Waals surface area (Å²) in [5.74, 6) is 0. The van der Waals surface area contributed by atoms with Gasteiger partial charge in [0.05, 0.1) is 18.6 Å². The van der Waals surface area contributed by atoms with Gasteiger partial charge in [-0.15, -0.1) is 0 Å². The van der Waals surface area contributed by atoms with Crippen molar-refractivity contribution in [2.45, 2.75) is 76.6 Å². The number of alkyl halides is 3. The highest BCUT2D eigenvalue weighted by atomic mass is 19.4. The first-order valence-electron chi connectivity index (χ1n) is 7.08. The zero-order valence-electron chi connectivity index (χ0n) is 12.2. The van der Waals surface area contributed by atoms with Crippen LogP contribution in [0, 0.1) is 0 Å². The molecule has 0 unspecified atom stereocenters. The third-order valence-electron chi connectivity index (χ3n) is 3.50. The standard InChI is InChI=1S/C14H26F3NO/c1-12(2,3)18-11-13(7-5-4-6-8-13)19-10-9-14(15,16)17/h18H,4-11H2,1-3H3. The van der Waals surface area contributed by atoms with Crippen molar-refractivity contribution in [1.82, 2.24) is 5.32 Å². The molecule has 1 aliphatic rings. The topological polar surface area (TPSA) is 21.3 Å². The van der Waals surface area contributed by atoms with Crippen molar-refractivity contribution in [3.05, 3.63) is 0 Å². The zero-order valence-corrected chi connectivity index (χ0v) is 12.2. The van der Waals surface area contributed by atoms with Gasteiger partial charge in [0, 0.05) is 12.1 Å². The van der Waals surface area contributed by atoms with Crippen LogP contribution in [0.2, 0.25) is 0 Å². The molecular formula is C14H26F3NO. The van der Waals surface area contributed by atoms with E-state index in [1.54, 1.807) is 0 Å². The number of rotatable bonds is 5. The molecular weight excluding hydrogens is 255 g/mol. The Balaban J connectivity index is 2.50. The van der Waals surface area contributed by atoms with Gasteiger partial charge in [-0.25, -0.2) is 0 Å². The number of ether oxygens (including phenoxy) is 1. The summed E-state index contributed by atoms with van der Waals surface area (Å²) in [5.41, 5.74) is -0.450. The van der Waals surface area contributed by atoms with E-state index in [1.807, 2.05) is 0 Å². The van der Waals surface area contributed by atoms with E-state index in [1.165, 1.54) is 0 Å². The molecule has 5 heteroatoms. The fraction of sp³-hybridized carbons (Fsp3) is 1.00. The Hall–Kier alpha value is -0.290. The van der Waals surface area contributed by atoms with Crippen LogP contribution in [-0.2, 0) is 4.74 Å². The van der Waals surface area contributed by atoms with Crippen molar-refractivity contribution < 1.29 is 17.9 Å². The second-order valence-corrected chi connectivity index (χ2v) is 6.56. The van der Waals surface area contributed by atoms with E-state index in [2.05, 4.69) is 26.1 Å². The summed E-state index contributed by atoms with van der Waals surface area (Å²) < 4.78 is 42.3. The molecule has 0 aliphatic heterocycles. The molecule has 0 bridgehead atoms. The molecule has 0 heterocycles. The Morgan fingerprint density at radius 3 is 2.11 bits per heavy atom. The molecule has 0 spiro atoms. The van der Waals surface area contributed by atoms with Crippen molar-refractivity contribution in [3.63, 3.8) is 0 Å². The fourth-order valence-corrected chi connectivity index (χ4v) is 2.38. The molecule has 1 N–H and O–H groups in total. The monoisotopic (exact) mass is 281 g/mol. The van der Waals surface area contributed by atoms with Crippen LogP contribution in [0.15, 0.2) is 0 Å². The number of nitrogens with one attached hydrogen (secondary N) is 1. The molecule has 0 aromatic heterocycles. The third-order valence-corrected chi connectivity index (χ3v) is 3.50. The molecule has 114 valence electrons. The molecule has 0 amide bonds. The second kappa shape index (κ2) is 6.44. The number of hydrogen-bond acceptors (Lipinski definition) is 2. The average Bonchev–Trinajstić information content (AvgIpc) is 2.25. The van der Waals surface area contributed by atoms with Crippen LogP contribution in [0.1, 0.15) is 59.3 Å². The quantitative estimate of drug-likeness (QED) is 0.821. The Morgan fingerprint density at radius 2 is 1.63 bits per heavy atom. The van der Waals surface area contributed by atoms with Crippen molar-refractivity contribution in [3.8, 4) is 0 Å². The summed E-state index contributed by atoms with van der Waals surface area (Å²) in [7, 11) is 0. The maximum absolute atomic E-state index is 12.2. The SMILES string of the molecule is CC(C)(C)NCC1(OCCC(F)(F)F)CCCCC1. The van der Waals surface area contributed by atoms with Gasteiger partial charge in [-0.2, -0.15) is 13.2 Å². The predicted molar refractivity (Wildman–Crippen MR) is 70.2 cm³/mol. The molecule has 0 saturated heterocycles. The summed E-state index contributed by atoms with van der Waals surface area (Å²) in [4.78, 5) is 0. The van der Waals surface area contributed by atoms with E-state index in [0.29, 0.717) is 6.54 Å². The minimum Gasteiger partial charge on any atom is -0.373 e. The highest BCUT2D eigenvalue weighted by Crippen LogP contribution is 2.32. The van der Waals surface area contributed by atoms with Gasteiger partial charge in [-0.3, -0.25) is 0 Å². The van der Waals surface area contributed by atoms with Crippen LogP contribution in [0.5, 0.6) is 0 Å². The summed E-state index contributed by atoms with van der Waals surface area (Å²) in [5, 5.41) is 3.37. The highest BCUT2D eigenvalue weighted by Gasteiger charge is 2.35. The predicted octanol–water partition coefficient (Wildman–Crippen LogP) is 4.05. The van der Waals surface area contributed by atoms with Gasteiger partial charge < -0.3 is 10.1 Å². The lowest BCUT2D eigenvalue weighted by atomic mass is 9.84. The zero-order chi connectivity index (χ0) is 14.6. The first kappa shape index (κ1) is 16.8. The molecule has 0 aromatic carbocycles. The largest absolute Gasteiger partial charge is 0.391 e. The van der Waals surface area contributed by atoms with Crippen molar-refractivity contribution in [1.29, 1.82) is 0 Å². The molecule has 1 rings (SSSR count). The molecule has 1 fully saturated rings. The molecule has 0 radical (unpaired) electrons.